The fraction of sp³-hybridized carbons (Fsp3) is 0.571. The first-order valence-electron chi connectivity index (χ1n) is 6.57. The third kappa shape index (κ3) is 4.87. The maximum atomic E-state index is 12.8. The van der Waals surface area contributed by atoms with Gasteiger partial charge in [-0.3, -0.25) is 0 Å². The summed E-state index contributed by atoms with van der Waals surface area (Å²) in [6.07, 6.45) is -2.23. The molecule has 0 saturated carbocycles. The zero-order chi connectivity index (χ0) is 15.2. The van der Waals surface area contributed by atoms with Crippen LogP contribution in [0.25, 0.3) is 0 Å². The Balaban J connectivity index is 2.90. The number of rotatable bonds is 7. The van der Waals surface area contributed by atoms with Gasteiger partial charge in [0.05, 0.1) is 16.7 Å². The lowest BCUT2D eigenvalue weighted by molar-refractivity contribution is -0.137. The van der Waals surface area contributed by atoms with E-state index < -0.39 is 11.7 Å². The van der Waals surface area contributed by atoms with Gasteiger partial charge in [0, 0.05) is 0 Å². The average molecular weight is 310 g/mol. The lowest BCUT2D eigenvalue weighted by atomic mass is 10.1. The van der Waals surface area contributed by atoms with Gasteiger partial charge in [-0.1, -0.05) is 31.0 Å². The van der Waals surface area contributed by atoms with Crippen molar-refractivity contribution in [3.8, 4) is 5.75 Å². The topological polar surface area (TPSA) is 21.3 Å². The molecular weight excluding hydrogens is 291 g/mol. The summed E-state index contributed by atoms with van der Waals surface area (Å²) in [6.45, 7) is 2.74. The fourth-order valence-electron chi connectivity index (χ4n) is 1.89. The minimum atomic E-state index is -4.47. The van der Waals surface area contributed by atoms with E-state index >= 15 is 0 Å². The maximum Gasteiger partial charge on any atom is 0.417 e. The molecule has 6 heteroatoms. The van der Waals surface area contributed by atoms with Crippen LogP contribution in [0.3, 0.4) is 0 Å². The molecule has 0 aliphatic carbocycles. The van der Waals surface area contributed by atoms with Gasteiger partial charge in [-0.05, 0) is 38.6 Å². The lowest BCUT2D eigenvalue weighted by Gasteiger charge is -2.20. The van der Waals surface area contributed by atoms with Crippen LogP contribution in [0.1, 0.15) is 31.7 Å². The minimum absolute atomic E-state index is 0.0936. The van der Waals surface area contributed by atoms with E-state index in [0.29, 0.717) is 0 Å². The second-order valence-corrected chi connectivity index (χ2v) is 4.91. The number of alkyl halides is 3. The summed E-state index contributed by atoms with van der Waals surface area (Å²) >= 11 is 5.81. The molecule has 1 rings (SSSR count). The summed E-state index contributed by atoms with van der Waals surface area (Å²) < 4.78 is 44.0. The van der Waals surface area contributed by atoms with E-state index in [-0.39, 0.29) is 16.9 Å². The number of halogens is 4. The summed E-state index contributed by atoms with van der Waals surface area (Å²) in [6, 6.07) is 3.74. The molecule has 2 nitrogen and oxygen atoms in total. The van der Waals surface area contributed by atoms with Crippen molar-refractivity contribution in [3.05, 3.63) is 28.8 Å². The van der Waals surface area contributed by atoms with Crippen LogP contribution in [0.5, 0.6) is 5.75 Å². The van der Waals surface area contributed by atoms with Crippen molar-refractivity contribution in [1.82, 2.24) is 5.32 Å². The highest BCUT2D eigenvalue weighted by molar-refractivity contribution is 6.32. The Morgan fingerprint density at radius 3 is 2.55 bits per heavy atom. The zero-order valence-electron chi connectivity index (χ0n) is 11.6. The molecular formula is C14H19ClF3NO. The van der Waals surface area contributed by atoms with Crippen LogP contribution in [-0.4, -0.2) is 19.7 Å². The predicted molar refractivity (Wildman–Crippen MR) is 74.3 cm³/mol. The molecule has 0 aliphatic rings. The molecule has 0 saturated heterocycles. The molecule has 0 spiro atoms. The Morgan fingerprint density at radius 1 is 1.30 bits per heavy atom. The Labute approximate surface area is 122 Å². The molecule has 0 amide bonds. The Hall–Kier alpha value is -0.940. The van der Waals surface area contributed by atoms with Crippen molar-refractivity contribution >= 4 is 11.6 Å². The summed E-state index contributed by atoms with van der Waals surface area (Å²) in [4.78, 5) is 0. The third-order valence-electron chi connectivity index (χ3n) is 2.89. The fourth-order valence-corrected chi connectivity index (χ4v) is 2.17. The van der Waals surface area contributed by atoms with Crippen LogP contribution in [0.15, 0.2) is 18.2 Å². The second kappa shape index (κ2) is 7.74. The van der Waals surface area contributed by atoms with Crippen molar-refractivity contribution in [2.24, 2.45) is 0 Å². The molecule has 114 valence electrons. The van der Waals surface area contributed by atoms with Crippen LogP contribution in [0.2, 0.25) is 5.02 Å². The Kier molecular flexibility index (Phi) is 6.62. The monoisotopic (exact) mass is 309 g/mol. The van der Waals surface area contributed by atoms with Gasteiger partial charge in [0.1, 0.15) is 5.75 Å². The average Bonchev–Trinajstić information content (AvgIpc) is 2.37. The van der Waals surface area contributed by atoms with Gasteiger partial charge in [0.15, 0.2) is 0 Å². The van der Waals surface area contributed by atoms with Crippen molar-refractivity contribution in [2.45, 2.75) is 38.5 Å². The number of nitrogens with one attached hydrogen (secondary N) is 1. The van der Waals surface area contributed by atoms with Crippen LogP contribution in [0.4, 0.5) is 13.2 Å². The molecule has 1 atom stereocenters. The van der Waals surface area contributed by atoms with Gasteiger partial charge in [0.2, 0.25) is 0 Å². The molecule has 0 radical (unpaired) electrons. The molecule has 1 aromatic carbocycles. The first-order chi connectivity index (χ1) is 9.40. The number of hydrogen-bond donors (Lipinski definition) is 1. The SMILES string of the molecule is CCC[C@@H](CCNC)Oc1cccc(C(F)(F)F)c1Cl. The Morgan fingerprint density at radius 2 is 2.00 bits per heavy atom. The summed E-state index contributed by atoms with van der Waals surface area (Å²) in [5.41, 5.74) is -0.861. The molecule has 0 aliphatic heterocycles. The molecule has 0 aromatic heterocycles. The van der Waals surface area contributed by atoms with E-state index in [1.165, 1.54) is 12.1 Å². The van der Waals surface area contributed by atoms with Crippen molar-refractivity contribution in [2.75, 3.05) is 13.6 Å². The first kappa shape index (κ1) is 17.1. The molecule has 1 N–H and O–H groups in total. The standard InChI is InChI=1S/C14H19ClF3NO/c1-3-5-10(8-9-19-2)20-12-7-4-6-11(13(12)15)14(16,17)18/h4,6-7,10,19H,3,5,8-9H2,1-2H3/t10-/m0/s1. The number of benzene rings is 1. The largest absolute Gasteiger partial charge is 0.489 e. The minimum Gasteiger partial charge on any atom is -0.489 e. The van der Waals surface area contributed by atoms with Crippen molar-refractivity contribution in [3.63, 3.8) is 0 Å². The maximum absolute atomic E-state index is 12.8. The Bertz CT molecular complexity index is 423. The van der Waals surface area contributed by atoms with Gasteiger partial charge in [-0.2, -0.15) is 13.2 Å². The van der Waals surface area contributed by atoms with Crippen LogP contribution < -0.4 is 10.1 Å². The van der Waals surface area contributed by atoms with Gasteiger partial charge >= 0.3 is 6.18 Å². The molecule has 1 aromatic rings. The highest BCUT2D eigenvalue weighted by atomic mass is 35.5. The second-order valence-electron chi connectivity index (χ2n) is 4.54. The third-order valence-corrected chi connectivity index (χ3v) is 3.28. The highest BCUT2D eigenvalue weighted by Crippen LogP contribution is 2.39. The molecule has 20 heavy (non-hydrogen) atoms. The van der Waals surface area contributed by atoms with E-state index in [9.17, 15) is 13.2 Å². The van der Waals surface area contributed by atoms with E-state index in [1.807, 2.05) is 14.0 Å². The zero-order valence-corrected chi connectivity index (χ0v) is 12.3. The quantitative estimate of drug-likeness (QED) is 0.800. The van der Waals surface area contributed by atoms with E-state index in [4.69, 9.17) is 16.3 Å². The summed E-state index contributed by atoms with van der Waals surface area (Å²) in [5.74, 6) is 0.0936. The van der Waals surface area contributed by atoms with E-state index in [0.717, 1.165) is 31.9 Å². The predicted octanol–water partition coefficient (Wildman–Crippen LogP) is 4.52. The normalized spacial score (nSPS) is 13.3. The van der Waals surface area contributed by atoms with Crippen LogP contribution in [0, 0.1) is 0 Å². The van der Waals surface area contributed by atoms with Gasteiger partial charge in [-0.25, -0.2) is 0 Å². The number of hydrogen-bond acceptors (Lipinski definition) is 2. The smallest absolute Gasteiger partial charge is 0.417 e. The summed E-state index contributed by atoms with van der Waals surface area (Å²) in [7, 11) is 1.82. The van der Waals surface area contributed by atoms with Gasteiger partial charge in [0.25, 0.3) is 0 Å². The molecule has 0 fully saturated rings. The van der Waals surface area contributed by atoms with Gasteiger partial charge < -0.3 is 10.1 Å². The van der Waals surface area contributed by atoms with Crippen molar-refractivity contribution < 1.29 is 17.9 Å². The first-order valence-corrected chi connectivity index (χ1v) is 6.94. The van der Waals surface area contributed by atoms with E-state index in [2.05, 4.69) is 5.32 Å². The summed E-state index contributed by atoms with van der Waals surface area (Å²) in [5, 5.41) is 2.63. The molecule has 0 bridgehead atoms. The van der Waals surface area contributed by atoms with Crippen LogP contribution in [-0.2, 0) is 6.18 Å². The lowest BCUT2D eigenvalue weighted by Crippen LogP contribution is -2.22. The molecule has 0 heterocycles. The van der Waals surface area contributed by atoms with Crippen molar-refractivity contribution in [1.29, 1.82) is 0 Å². The highest BCUT2D eigenvalue weighted by Gasteiger charge is 2.34. The molecule has 0 unspecified atom stereocenters. The van der Waals surface area contributed by atoms with E-state index in [1.54, 1.807) is 0 Å². The number of ether oxygens (including phenoxy) is 1. The van der Waals surface area contributed by atoms with Crippen LogP contribution >= 0.6 is 11.6 Å². The van der Waals surface area contributed by atoms with Gasteiger partial charge in [-0.15, -0.1) is 0 Å².